The number of allylic oxidation sites excluding steroid dienone is 1. The van der Waals surface area contributed by atoms with Crippen molar-refractivity contribution in [2.24, 2.45) is 17.6 Å². The first-order chi connectivity index (χ1) is 18.4. The van der Waals surface area contributed by atoms with E-state index in [-0.39, 0.29) is 41.2 Å². The lowest BCUT2D eigenvalue weighted by molar-refractivity contribution is -0.122. The number of rotatable bonds is 20. The van der Waals surface area contributed by atoms with Gasteiger partial charge >= 0.3 is 0 Å². The van der Waals surface area contributed by atoms with Gasteiger partial charge < -0.3 is 42.0 Å². The summed E-state index contributed by atoms with van der Waals surface area (Å²) in [4.78, 5) is 12.9. The van der Waals surface area contributed by atoms with Gasteiger partial charge in [-0.2, -0.15) is 0 Å². The second kappa shape index (κ2) is 18.2. The van der Waals surface area contributed by atoms with E-state index in [0.29, 0.717) is 13.0 Å². The van der Waals surface area contributed by atoms with Crippen molar-refractivity contribution in [3.8, 4) is 11.5 Å². The van der Waals surface area contributed by atoms with E-state index in [1.54, 1.807) is 19.2 Å². The molecule has 0 heterocycles. The molecule has 1 aromatic carbocycles. The second-order valence-electron chi connectivity index (χ2n) is 10.3. The summed E-state index contributed by atoms with van der Waals surface area (Å²) in [5, 5.41) is 33.7. The van der Waals surface area contributed by atoms with Crippen LogP contribution in [-0.2, 0) is 9.53 Å². The van der Waals surface area contributed by atoms with Gasteiger partial charge in [0.15, 0.2) is 11.5 Å². The van der Waals surface area contributed by atoms with Crippen LogP contribution in [0.4, 0.5) is 0 Å². The lowest BCUT2D eigenvalue weighted by atomic mass is 9.67. The lowest BCUT2D eigenvalue weighted by Crippen LogP contribution is -2.43. The molecule has 38 heavy (non-hydrogen) atoms. The van der Waals surface area contributed by atoms with Crippen molar-refractivity contribution in [1.29, 1.82) is 0 Å². The number of hydrogen-bond donors (Lipinski definition) is 7. The van der Waals surface area contributed by atoms with Crippen LogP contribution in [0.1, 0.15) is 68.5 Å². The van der Waals surface area contributed by atoms with Crippen molar-refractivity contribution in [1.82, 2.24) is 21.3 Å². The zero-order chi connectivity index (χ0) is 27.8. The number of phenols is 2. The molecule has 0 spiro atoms. The molecule has 9 heteroatoms. The minimum Gasteiger partial charge on any atom is -0.504 e. The first kappa shape index (κ1) is 32.0. The zero-order valence-electron chi connectivity index (χ0n) is 23.4. The summed E-state index contributed by atoms with van der Waals surface area (Å²) in [5.74, 6) is -0.257. The van der Waals surface area contributed by atoms with E-state index < -0.39 is 0 Å². The van der Waals surface area contributed by atoms with Crippen LogP contribution < -0.4 is 27.0 Å². The molecule has 0 fully saturated rings. The standard InChI is InChI=1S/C29H51N5O4/c1-4-22-21(2)23-18-26(35)27(36)19-24(23)29(25(22)20-38-3)34-28(37)10-7-14-33-17-9-16-32-13-6-5-12-31-15-8-11-30/h4,18-19,21-22,25,29,31-33,35-36H,1,5-17,20,30H2,2-3H3,(H,34,37)/t21?,22-,25+,29-/m1/s1. The summed E-state index contributed by atoms with van der Waals surface area (Å²) in [6.45, 7) is 13.1. The summed E-state index contributed by atoms with van der Waals surface area (Å²) in [6, 6.07) is 2.85. The van der Waals surface area contributed by atoms with Crippen LogP contribution in [0.5, 0.6) is 11.5 Å². The molecule has 0 radical (unpaired) electrons. The Labute approximate surface area is 229 Å². The average Bonchev–Trinajstić information content (AvgIpc) is 2.90. The van der Waals surface area contributed by atoms with Crippen molar-refractivity contribution in [2.75, 3.05) is 59.5 Å². The van der Waals surface area contributed by atoms with Gasteiger partial charge in [0.25, 0.3) is 0 Å². The Morgan fingerprint density at radius 3 is 2.08 bits per heavy atom. The summed E-state index contributed by atoms with van der Waals surface area (Å²) in [5.41, 5.74) is 7.22. The molecule has 0 bridgehead atoms. The smallest absolute Gasteiger partial charge is 0.220 e. The fourth-order valence-corrected chi connectivity index (χ4v) is 5.33. The number of amides is 1. The van der Waals surface area contributed by atoms with E-state index in [2.05, 4.69) is 34.8 Å². The van der Waals surface area contributed by atoms with Crippen LogP contribution in [0.3, 0.4) is 0 Å². The molecule has 216 valence electrons. The van der Waals surface area contributed by atoms with Crippen LogP contribution >= 0.6 is 0 Å². The maximum Gasteiger partial charge on any atom is 0.220 e. The molecule has 0 aromatic heterocycles. The summed E-state index contributed by atoms with van der Waals surface area (Å²) < 4.78 is 5.50. The Morgan fingerprint density at radius 1 is 0.947 bits per heavy atom. The number of phenolic OH excluding ortho intramolecular Hbond substituents is 2. The normalized spacial score (nSPS) is 20.7. The van der Waals surface area contributed by atoms with E-state index in [4.69, 9.17) is 10.5 Å². The number of carbonyl (C=O) groups is 1. The molecule has 1 aliphatic rings. The summed E-state index contributed by atoms with van der Waals surface area (Å²) in [7, 11) is 1.65. The van der Waals surface area contributed by atoms with Gasteiger partial charge in [-0.05, 0) is 113 Å². The zero-order valence-corrected chi connectivity index (χ0v) is 23.4. The van der Waals surface area contributed by atoms with Crippen molar-refractivity contribution in [3.63, 3.8) is 0 Å². The largest absolute Gasteiger partial charge is 0.504 e. The van der Waals surface area contributed by atoms with E-state index in [9.17, 15) is 15.0 Å². The maximum atomic E-state index is 12.9. The SMILES string of the molecule is C=C[C@@H]1C(C)c2cc(O)c(O)cc2[C@@H](NC(=O)CCCNCCCNCCCCNCCCN)[C@H]1COC. The van der Waals surface area contributed by atoms with Gasteiger partial charge in [0, 0.05) is 19.4 Å². The highest BCUT2D eigenvalue weighted by atomic mass is 16.5. The molecule has 1 amide bonds. The van der Waals surface area contributed by atoms with E-state index in [1.165, 1.54) is 12.8 Å². The van der Waals surface area contributed by atoms with Crippen molar-refractivity contribution in [2.45, 2.75) is 57.4 Å². The summed E-state index contributed by atoms with van der Waals surface area (Å²) in [6.07, 6.45) is 7.49. The highest BCUT2D eigenvalue weighted by molar-refractivity contribution is 5.76. The number of nitrogens with two attached hydrogens (primary N) is 1. The van der Waals surface area contributed by atoms with Gasteiger partial charge in [-0.1, -0.05) is 13.0 Å². The topological polar surface area (TPSA) is 141 Å². The van der Waals surface area contributed by atoms with Crippen LogP contribution in [0, 0.1) is 11.8 Å². The average molecular weight is 534 g/mol. The Balaban J connectivity index is 1.70. The number of methoxy groups -OCH3 is 1. The van der Waals surface area contributed by atoms with Gasteiger partial charge in [0.05, 0.1) is 12.6 Å². The molecule has 0 aliphatic heterocycles. The molecule has 4 atom stereocenters. The highest BCUT2D eigenvalue weighted by Crippen LogP contribution is 2.48. The number of fused-ring (bicyclic) bond motifs is 1. The van der Waals surface area contributed by atoms with Crippen LogP contribution in [0.15, 0.2) is 24.8 Å². The Hall–Kier alpha value is -2.17. The molecule has 0 saturated carbocycles. The molecule has 8 N–H and O–H groups in total. The van der Waals surface area contributed by atoms with Gasteiger partial charge in [0.2, 0.25) is 5.91 Å². The Morgan fingerprint density at radius 2 is 1.50 bits per heavy atom. The van der Waals surface area contributed by atoms with Crippen molar-refractivity contribution >= 4 is 5.91 Å². The molecule has 2 rings (SSSR count). The number of benzene rings is 1. The van der Waals surface area contributed by atoms with E-state index in [1.807, 2.05) is 6.08 Å². The predicted octanol–water partition coefficient (Wildman–Crippen LogP) is 2.51. The third kappa shape index (κ3) is 10.2. The van der Waals surface area contributed by atoms with Crippen LogP contribution in [0.2, 0.25) is 0 Å². The molecule has 1 unspecified atom stereocenters. The molecular formula is C29H51N5O4. The highest BCUT2D eigenvalue weighted by Gasteiger charge is 2.41. The van der Waals surface area contributed by atoms with Gasteiger partial charge in [-0.3, -0.25) is 4.79 Å². The number of nitrogens with one attached hydrogen (secondary N) is 4. The number of hydrogen-bond acceptors (Lipinski definition) is 8. The van der Waals surface area contributed by atoms with Gasteiger partial charge in [0.1, 0.15) is 0 Å². The number of unbranched alkanes of at least 4 members (excludes halogenated alkanes) is 1. The number of carbonyl (C=O) groups excluding carboxylic acids is 1. The molecular weight excluding hydrogens is 482 g/mol. The predicted molar refractivity (Wildman–Crippen MR) is 153 cm³/mol. The van der Waals surface area contributed by atoms with Crippen molar-refractivity contribution < 1.29 is 19.7 Å². The van der Waals surface area contributed by atoms with Gasteiger partial charge in [-0.25, -0.2) is 0 Å². The Bertz CT molecular complexity index is 837. The van der Waals surface area contributed by atoms with E-state index >= 15 is 0 Å². The third-order valence-corrected chi connectivity index (χ3v) is 7.43. The number of aromatic hydroxyl groups is 2. The molecule has 1 aliphatic carbocycles. The first-order valence-corrected chi connectivity index (χ1v) is 14.2. The van der Waals surface area contributed by atoms with Crippen molar-refractivity contribution in [3.05, 3.63) is 35.9 Å². The molecule has 1 aromatic rings. The minimum atomic E-state index is -0.330. The van der Waals surface area contributed by atoms with E-state index in [0.717, 1.165) is 76.2 Å². The van der Waals surface area contributed by atoms with Gasteiger partial charge in [-0.15, -0.1) is 6.58 Å². The molecule has 9 nitrogen and oxygen atoms in total. The van der Waals surface area contributed by atoms with Crippen LogP contribution in [0.25, 0.3) is 0 Å². The quantitative estimate of drug-likeness (QED) is 0.0770. The molecule has 0 saturated heterocycles. The summed E-state index contributed by atoms with van der Waals surface area (Å²) >= 11 is 0. The Kier molecular flexibility index (Phi) is 15.3. The maximum absolute atomic E-state index is 12.9. The van der Waals surface area contributed by atoms with Crippen LogP contribution in [-0.4, -0.2) is 75.7 Å². The first-order valence-electron chi connectivity index (χ1n) is 14.2. The third-order valence-electron chi connectivity index (χ3n) is 7.43. The monoisotopic (exact) mass is 533 g/mol. The number of ether oxygens (including phenoxy) is 1. The minimum absolute atomic E-state index is 0.0223. The second-order valence-corrected chi connectivity index (χ2v) is 10.3. The lowest BCUT2D eigenvalue weighted by Gasteiger charge is -2.42. The fourth-order valence-electron chi connectivity index (χ4n) is 5.33. The fraction of sp³-hybridized carbons (Fsp3) is 0.690.